The Balaban J connectivity index is 1.56. The monoisotopic (exact) mass is 499 g/mol. The summed E-state index contributed by atoms with van der Waals surface area (Å²) >= 11 is 13.9. The Bertz CT molecular complexity index is 1200. The molecule has 3 aromatic rings. The summed E-state index contributed by atoms with van der Waals surface area (Å²) in [7, 11) is 0. The molecule has 0 atom stereocenters. The Morgan fingerprint density at radius 3 is 2.52 bits per heavy atom. The Morgan fingerprint density at radius 1 is 1.18 bits per heavy atom. The van der Waals surface area contributed by atoms with E-state index in [1.807, 2.05) is 26.0 Å². The normalized spacial score (nSPS) is 10.8. The fraction of sp³-hybridized carbons (Fsp3) is 0.174. The number of thioether (sulfide) groups is 1. The maximum atomic E-state index is 12.0. The quantitative estimate of drug-likeness (QED) is 0.200. The molecule has 0 aliphatic heterocycles. The van der Waals surface area contributed by atoms with Crippen LogP contribution in [0.25, 0.3) is 0 Å². The van der Waals surface area contributed by atoms with Crippen molar-refractivity contribution in [3.8, 4) is 11.8 Å². The molecule has 0 aliphatic rings. The minimum absolute atomic E-state index is 0.124. The predicted octanol–water partition coefficient (Wildman–Crippen LogP) is 5.09. The smallest absolute Gasteiger partial charge is 0.250 e. The molecule has 0 fully saturated rings. The van der Waals surface area contributed by atoms with Crippen molar-refractivity contribution in [3.05, 3.63) is 80.6 Å². The second-order valence-electron chi connectivity index (χ2n) is 6.89. The van der Waals surface area contributed by atoms with Crippen LogP contribution in [0.15, 0.2) is 52.7 Å². The van der Waals surface area contributed by atoms with E-state index in [-0.39, 0.29) is 28.3 Å². The van der Waals surface area contributed by atoms with Gasteiger partial charge >= 0.3 is 0 Å². The van der Waals surface area contributed by atoms with Crippen LogP contribution in [0.1, 0.15) is 28.1 Å². The summed E-state index contributed by atoms with van der Waals surface area (Å²) in [6.45, 7) is 3.90. The van der Waals surface area contributed by atoms with Gasteiger partial charge in [-0.05, 0) is 43.7 Å². The average molecular weight is 500 g/mol. The molecule has 0 radical (unpaired) electrons. The largest absolute Gasteiger partial charge is 0.486 e. The maximum Gasteiger partial charge on any atom is 0.250 e. The van der Waals surface area contributed by atoms with Crippen LogP contribution in [0.3, 0.4) is 0 Å². The van der Waals surface area contributed by atoms with Gasteiger partial charge in [0.15, 0.2) is 10.9 Å². The summed E-state index contributed by atoms with van der Waals surface area (Å²) < 4.78 is 5.74. The lowest BCUT2D eigenvalue weighted by Crippen LogP contribution is -2.19. The third-order valence-corrected chi connectivity index (χ3v) is 5.64. The number of nitrogens with one attached hydrogen (secondary N) is 1. The lowest BCUT2D eigenvalue weighted by molar-refractivity contribution is -0.118. The van der Waals surface area contributed by atoms with E-state index in [1.54, 1.807) is 30.3 Å². The highest BCUT2D eigenvalue weighted by atomic mass is 35.5. The van der Waals surface area contributed by atoms with Crippen molar-refractivity contribution in [3.63, 3.8) is 0 Å². The predicted molar refractivity (Wildman–Crippen MR) is 130 cm³/mol. The van der Waals surface area contributed by atoms with E-state index in [1.165, 1.54) is 18.0 Å². The minimum atomic E-state index is -0.299. The van der Waals surface area contributed by atoms with E-state index in [0.29, 0.717) is 22.0 Å². The second kappa shape index (κ2) is 11.7. The fourth-order valence-corrected chi connectivity index (χ4v) is 4.15. The lowest BCUT2D eigenvalue weighted by Gasteiger charge is -2.11. The summed E-state index contributed by atoms with van der Waals surface area (Å²) in [5.41, 5.74) is 5.97. The topological polar surface area (TPSA) is 100 Å². The van der Waals surface area contributed by atoms with Crippen molar-refractivity contribution < 1.29 is 9.53 Å². The molecule has 10 heteroatoms. The molecule has 1 heterocycles. The third kappa shape index (κ3) is 7.19. The number of amides is 1. The molecule has 33 heavy (non-hydrogen) atoms. The number of hydrogen-bond acceptors (Lipinski definition) is 7. The highest BCUT2D eigenvalue weighted by Gasteiger charge is 2.11. The van der Waals surface area contributed by atoms with Gasteiger partial charge in [0.1, 0.15) is 6.61 Å². The van der Waals surface area contributed by atoms with Crippen LogP contribution in [0, 0.1) is 25.2 Å². The molecule has 168 valence electrons. The van der Waals surface area contributed by atoms with Crippen LogP contribution < -0.4 is 10.2 Å². The fourth-order valence-electron chi connectivity index (χ4n) is 2.80. The number of nitrogens with zero attached hydrogens (tertiary/aromatic N) is 4. The van der Waals surface area contributed by atoms with Gasteiger partial charge in [-0.15, -0.1) is 0 Å². The zero-order valence-electron chi connectivity index (χ0n) is 17.8. The van der Waals surface area contributed by atoms with E-state index in [2.05, 4.69) is 26.6 Å². The van der Waals surface area contributed by atoms with Crippen molar-refractivity contribution >= 4 is 47.1 Å². The van der Waals surface area contributed by atoms with Gasteiger partial charge < -0.3 is 4.74 Å². The molecule has 2 aromatic carbocycles. The van der Waals surface area contributed by atoms with Crippen LogP contribution in [0.5, 0.6) is 5.75 Å². The van der Waals surface area contributed by atoms with Crippen molar-refractivity contribution in [2.75, 3.05) is 5.75 Å². The maximum absolute atomic E-state index is 12.0. The van der Waals surface area contributed by atoms with Crippen molar-refractivity contribution in [2.24, 2.45) is 5.10 Å². The highest BCUT2D eigenvalue weighted by molar-refractivity contribution is 7.99. The number of carbonyl (C=O) groups excluding carboxylic acids is 1. The van der Waals surface area contributed by atoms with Crippen molar-refractivity contribution in [2.45, 2.75) is 25.6 Å². The molecule has 0 unspecified atom stereocenters. The van der Waals surface area contributed by atoms with Crippen LogP contribution >= 0.6 is 35.0 Å². The summed E-state index contributed by atoms with van der Waals surface area (Å²) in [4.78, 5) is 20.6. The van der Waals surface area contributed by atoms with Gasteiger partial charge in [-0.25, -0.2) is 15.4 Å². The molecular weight excluding hydrogens is 481 g/mol. The SMILES string of the molecule is Cc1cc(C)nc(SCC(=O)N/N=C\c2cc(Cl)c(OCc3ccccc3C#N)c(Cl)c2)n1. The molecule has 0 saturated carbocycles. The lowest BCUT2D eigenvalue weighted by atomic mass is 10.1. The first-order chi connectivity index (χ1) is 15.9. The van der Waals surface area contributed by atoms with E-state index in [9.17, 15) is 10.1 Å². The van der Waals surface area contributed by atoms with Gasteiger partial charge in [-0.1, -0.05) is 53.2 Å². The van der Waals surface area contributed by atoms with E-state index in [4.69, 9.17) is 27.9 Å². The van der Waals surface area contributed by atoms with E-state index < -0.39 is 0 Å². The van der Waals surface area contributed by atoms with Crippen LogP contribution in [0.2, 0.25) is 10.0 Å². The Kier molecular flexibility index (Phi) is 8.66. The molecule has 0 saturated heterocycles. The highest BCUT2D eigenvalue weighted by Crippen LogP contribution is 2.34. The zero-order chi connectivity index (χ0) is 23.8. The minimum Gasteiger partial charge on any atom is -0.486 e. The van der Waals surface area contributed by atoms with E-state index >= 15 is 0 Å². The second-order valence-corrected chi connectivity index (χ2v) is 8.64. The molecule has 1 amide bonds. The van der Waals surface area contributed by atoms with Crippen LogP contribution in [-0.2, 0) is 11.4 Å². The first-order valence-electron chi connectivity index (χ1n) is 9.72. The number of nitriles is 1. The molecule has 0 spiro atoms. The molecule has 1 aromatic heterocycles. The number of hydrogen-bond donors (Lipinski definition) is 1. The molecule has 0 aliphatic carbocycles. The molecular formula is C23H19Cl2N5O2S. The number of benzene rings is 2. The van der Waals surface area contributed by atoms with Gasteiger partial charge in [-0.2, -0.15) is 10.4 Å². The number of aryl methyl sites for hydroxylation is 2. The number of carbonyl (C=O) groups is 1. The van der Waals surface area contributed by atoms with Gasteiger partial charge in [0, 0.05) is 17.0 Å². The molecule has 1 N–H and O–H groups in total. The van der Waals surface area contributed by atoms with Gasteiger partial charge in [-0.3, -0.25) is 4.79 Å². The molecule has 7 nitrogen and oxygen atoms in total. The molecule has 3 rings (SSSR count). The number of halogens is 2. The van der Waals surface area contributed by atoms with E-state index in [0.717, 1.165) is 17.0 Å². The standard InChI is InChI=1S/C23H19Cl2N5O2S/c1-14-7-15(2)29-23(28-14)33-13-21(31)30-27-11-16-8-19(24)22(20(25)9-16)32-12-18-6-4-3-5-17(18)10-26/h3-9,11H,12-13H2,1-2H3,(H,30,31)/b27-11-. The number of hydrazone groups is 1. The number of ether oxygens (including phenoxy) is 1. The first-order valence-corrected chi connectivity index (χ1v) is 11.5. The van der Waals surface area contributed by atoms with Gasteiger partial charge in [0.05, 0.1) is 33.6 Å². The third-order valence-electron chi connectivity index (χ3n) is 4.23. The Labute approximate surface area is 205 Å². The first kappa shape index (κ1) is 24.5. The Morgan fingerprint density at radius 2 is 1.85 bits per heavy atom. The van der Waals surface area contributed by atoms with Gasteiger partial charge in [0.25, 0.3) is 5.91 Å². The number of aromatic nitrogens is 2. The summed E-state index contributed by atoms with van der Waals surface area (Å²) in [6, 6.07) is 14.3. The summed E-state index contributed by atoms with van der Waals surface area (Å²) in [5.74, 6) is 0.128. The van der Waals surface area contributed by atoms with Crippen LogP contribution in [-0.4, -0.2) is 27.8 Å². The Hall–Kier alpha value is -3.12. The van der Waals surface area contributed by atoms with Crippen LogP contribution in [0.4, 0.5) is 0 Å². The zero-order valence-corrected chi connectivity index (χ0v) is 20.1. The van der Waals surface area contributed by atoms with Crippen molar-refractivity contribution in [1.82, 2.24) is 15.4 Å². The van der Waals surface area contributed by atoms with Gasteiger partial charge in [0.2, 0.25) is 0 Å². The summed E-state index contributed by atoms with van der Waals surface area (Å²) in [6.07, 6.45) is 1.43. The number of rotatable bonds is 8. The summed E-state index contributed by atoms with van der Waals surface area (Å²) in [5, 5.41) is 14.2. The van der Waals surface area contributed by atoms with Crippen molar-refractivity contribution in [1.29, 1.82) is 5.26 Å². The average Bonchev–Trinajstić information content (AvgIpc) is 2.77. The molecule has 0 bridgehead atoms.